The van der Waals surface area contributed by atoms with Gasteiger partial charge >= 0.3 is 0 Å². The third-order valence-corrected chi connectivity index (χ3v) is 4.74. The van der Waals surface area contributed by atoms with Gasteiger partial charge in [0.05, 0.1) is 13.5 Å². The molecule has 0 aliphatic heterocycles. The smallest absolute Gasteiger partial charge is 0.227 e. The highest BCUT2D eigenvalue weighted by Crippen LogP contribution is 2.17. The topological polar surface area (TPSA) is 45.7 Å². The molecular formula is C23H27N3O2. The van der Waals surface area contributed by atoms with Gasteiger partial charge in [0.15, 0.2) is 0 Å². The Morgan fingerprint density at radius 3 is 2.64 bits per heavy atom. The van der Waals surface area contributed by atoms with Crippen molar-refractivity contribution in [2.24, 2.45) is 0 Å². The third kappa shape index (κ3) is 5.30. The van der Waals surface area contributed by atoms with Gasteiger partial charge in [-0.15, -0.1) is 0 Å². The maximum absolute atomic E-state index is 13.1. The average Bonchev–Trinajstić information content (AvgIpc) is 2.71. The Morgan fingerprint density at radius 2 is 1.86 bits per heavy atom. The Bertz CT molecular complexity index is 940. The zero-order valence-electron chi connectivity index (χ0n) is 16.8. The lowest BCUT2D eigenvalue weighted by Gasteiger charge is -2.25. The molecule has 2 aromatic carbocycles. The first kappa shape index (κ1) is 19.8. The number of amides is 1. The van der Waals surface area contributed by atoms with Crippen molar-refractivity contribution >= 4 is 16.7 Å². The summed E-state index contributed by atoms with van der Waals surface area (Å²) >= 11 is 0. The van der Waals surface area contributed by atoms with Crippen LogP contribution in [-0.4, -0.2) is 55.0 Å². The summed E-state index contributed by atoms with van der Waals surface area (Å²) in [5.74, 6) is 0.929. The van der Waals surface area contributed by atoms with E-state index in [0.717, 1.165) is 34.2 Å². The lowest BCUT2D eigenvalue weighted by molar-refractivity contribution is -0.131. The van der Waals surface area contributed by atoms with Crippen LogP contribution in [0.4, 0.5) is 0 Å². The highest BCUT2D eigenvalue weighted by molar-refractivity contribution is 5.84. The fraction of sp³-hybridized carbons (Fsp3) is 0.304. The first-order valence-electron chi connectivity index (χ1n) is 9.43. The molecule has 146 valence electrons. The van der Waals surface area contributed by atoms with E-state index in [0.29, 0.717) is 19.5 Å². The molecule has 0 saturated carbocycles. The standard InChI is InChI=1S/C23H27N3O2/c1-25(2)11-12-26(17-19-5-4-6-22(14-19)28-3)23(27)15-18-7-8-21-16-24-10-9-20(21)13-18/h4-10,13-14,16H,11-12,15,17H2,1-3H3. The molecular weight excluding hydrogens is 350 g/mol. The SMILES string of the molecule is COc1cccc(CN(CCN(C)C)C(=O)Cc2ccc3cnccc3c2)c1. The van der Waals surface area contributed by atoms with E-state index in [1.54, 1.807) is 13.3 Å². The molecule has 0 spiro atoms. The Balaban J connectivity index is 1.76. The van der Waals surface area contributed by atoms with Crippen LogP contribution in [0.5, 0.6) is 5.75 Å². The third-order valence-electron chi connectivity index (χ3n) is 4.74. The van der Waals surface area contributed by atoms with Crippen molar-refractivity contribution < 1.29 is 9.53 Å². The van der Waals surface area contributed by atoms with E-state index in [1.165, 1.54) is 0 Å². The molecule has 0 aliphatic carbocycles. The van der Waals surface area contributed by atoms with Crippen LogP contribution in [0.3, 0.4) is 0 Å². The molecule has 0 radical (unpaired) electrons. The molecule has 0 fully saturated rings. The van der Waals surface area contributed by atoms with Crippen LogP contribution in [0.1, 0.15) is 11.1 Å². The number of hydrogen-bond donors (Lipinski definition) is 0. The maximum Gasteiger partial charge on any atom is 0.227 e. The number of methoxy groups -OCH3 is 1. The fourth-order valence-corrected chi connectivity index (χ4v) is 3.13. The van der Waals surface area contributed by atoms with Gasteiger partial charge in [0, 0.05) is 37.4 Å². The number of carbonyl (C=O) groups excluding carboxylic acids is 1. The summed E-state index contributed by atoms with van der Waals surface area (Å²) in [4.78, 5) is 21.2. The molecule has 5 nitrogen and oxygen atoms in total. The van der Waals surface area contributed by atoms with Crippen molar-refractivity contribution in [2.45, 2.75) is 13.0 Å². The number of aromatic nitrogens is 1. The number of ether oxygens (including phenoxy) is 1. The molecule has 3 rings (SSSR count). The average molecular weight is 377 g/mol. The predicted molar refractivity (Wildman–Crippen MR) is 112 cm³/mol. The van der Waals surface area contributed by atoms with Crippen molar-refractivity contribution in [1.82, 2.24) is 14.8 Å². The number of hydrogen-bond acceptors (Lipinski definition) is 4. The lowest BCUT2D eigenvalue weighted by Crippen LogP contribution is -2.37. The molecule has 5 heteroatoms. The second-order valence-corrected chi connectivity index (χ2v) is 7.20. The normalized spacial score (nSPS) is 11.0. The summed E-state index contributed by atoms with van der Waals surface area (Å²) in [7, 11) is 5.69. The van der Waals surface area contributed by atoms with Crippen LogP contribution >= 0.6 is 0 Å². The van der Waals surface area contributed by atoms with Crippen LogP contribution in [-0.2, 0) is 17.8 Å². The summed E-state index contributed by atoms with van der Waals surface area (Å²) in [5.41, 5.74) is 2.08. The zero-order chi connectivity index (χ0) is 19.9. The number of nitrogens with zero attached hydrogens (tertiary/aromatic N) is 3. The van der Waals surface area contributed by atoms with Crippen molar-refractivity contribution in [3.8, 4) is 5.75 Å². The van der Waals surface area contributed by atoms with E-state index in [4.69, 9.17) is 4.74 Å². The predicted octanol–water partition coefficient (Wildman–Crippen LogP) is 3.38. The summed E-state index contributed by atoms with van der Waals surface area (Å²) < 4.78 is 5.31. The molecule has 1 aromatic heterocycles. The van der Waals surface area contributed by atoms with E-state index in [-0.39, 0.29) is 5.91 Å². The minimum Gasteiger partial charge on any atom is -0.497 e. The van der Waals surface area contributed by atoms with Crippen LogP contribution in [0, 0.1) is 0 Å². The first-order chi connectivity index (χ1) is 13.5. The van der Waals surface area contributed by atoms with E-state index in [2.05, 4.69) is 16.0 Å². The van der Waals surface area contributed by atoms with Crippen LogP contribution in [0.25, 0.3) is 10.8 Å². The second-order valence-electron chi connectivity index (χ2n) is 7.20. The summed E-state index contributed by atoms with van der Waals surface area (Å²) in [6.45, 7) is 2.07. The quantitative estimate of drug-likeness (QED) is 0.604. The Kier molecular flexibility index (Phi) is 6.61. The minimum absolute atomic E-state index is 0.123. The van der Waals surface area contributed by atoms with E-state index in [9.17, 15) is 4.79 Å². The number of pyridine rings is 1. The number of benzene rings is 2. The summed E-state index contributed by atoms with van der Waals surface area (Å²) in [6.07, 6.45) is 4.00. The van der Waals surface area contributed by atoms with Gasteiger partial charge < -0.3 is 14.5 Å². The number of likely N-dealkylation sites (N-methyl/N-ethyl adjacent to an activating group) is 1. The Labute approximate surface area is 166 Å². The number of carbonyl (C=O) groups is 1. The van der Waals surface area contributed by atoms with Gasteiger partial charge in [-0.3, -0.25) is 9.78 Å². The van der Waals surface area contributed by atoms with Gasteiger partial charge in [-0.05, 0) is 48.8 Å². The van der Waals surface area contributed by atoms with E-state index in [1.807, 2.05) is 67.7 Å². The highest BCUT2D eigenvalue weighted by Gasteiger charge is 2.15. The Hall–Kier alpha value is -2.92. The van der Waals surface area contributed by atoms with Crippen LogP contribution in [0.15, 0.2) is 60.9 Å². The molecule has 0 atom stereocenters. The van der Waals surface area contributed by atoms with Crippen molar-refractivity contribution in [3.05, 3.63) is 72.1 Å². The van der Waals surface area contributed by atoms with Crippen molar-refractivity contribution in [3.63, 3.8) is 0 Å². The molecule has 0 aliphatic rings. The number of rotatable bonds is 8. The van der Waals surface area contributed by atoms with E-state index >= 15 is 0 Å². The molecule has 0 bridgehead atoms. The fourth-order valence-electron chi connectivity index (χ4n) is 3.13. The monoisotopic (exact) mass is 377 g/mol. The van der Waals surface area contributed by atoms with Gasteiger partial charge in [-0.2, -0.15) is 0 Å². The molecule has 0 N–H and O–H groups in total. The molecule has 3 aromatic rings. The molecule has 0 unspecified atom stereocenters. The van der Waals surface area contributed by atoms with Crippen molar-refractivity contribution in [1.29, 1.82) is 0 Å². The van der Waals surface area contributed by atoms with Gasteiger partial charge in [0.2, 0.25) is 5.91 Å². The van der Waals surface area contributed by atoms with Gasteiger partial charge in [0.25, 0.3) is 0 Å². The van der Waals surface area contributed by atoms with E-state index < -0.39 is 0 Å². The highest BCUT2D eigenvalue weighted by atomic mass is 16.5. The van der Waals surface area contributed by atoms with Gasteiger partial charge in [-0.1, -0.05) is 30.3 Å². The van der Waals surface area contributed by atoms with Crippen LogP contribution in [0.2, 0.25) is 0 Å². The van der Waals surface area contributed by atoms with Gasteiger partial charge in [0.1, 0.15) is 5.75 Å². The zero-order valence-corrected chi connectivity index (χ0v) is 16.8. The Morgan fingerprint density at radius 1 is 1.00 bits per heavy atom. The second kappa shape index (κ2) is 9.33. The lowest BCUT2D eigenvalue weighted by atomic mass is 10.1. The first-order valence-corrected chi connectivity index (χ1v) is 9.43. The number of fused-ring (bicyclic) bond motifs is 1. The molecule has 28 heavy (non-hydrogen) atoms. The summed E-state index contributed by atoms with van der Waals surface area (Å²) in [5, 5.41) is 2.19. The van der Waals surface area contributed by atoms with Gasteiger partial charge in [-0.25, -0.2) is 0 Å². The maximum atomic E-state index is 13.1. The minimum atomic E-state index is 0.123. The molecule has 1 heterocycles. The van der Waals surface area contributed by atoms with Crippen molar-refractivity contribution in [2.75, 3.05) is 34.3 Å². The molecule has 1 amide bonds. The molecule has 0 saturated heterocycles. The largest absolute Gasteiger partial charge is 0.497 e. The summed E-state index contributed by atoms with van der Waals surface area (Å²) in [6, 6.07) is 16.0. The van der Waals surface area contributed by atoms with Crippen LogP contribution < -0.4 is 4.74 Å².